The number of nitrogens with two attached hydrogens (primary N) is 2. The molecule has 4 N–H and O–H groups in total. The van der Waals surface area contributed by atoms with Gasteiger partial charge in [-0.3, -0.25) is 9.69 Å². The third kappa shape index (κ3) is 4.41. The Morgan fingerprint density at radius 3 is 2.31 bits per heavy atom. The van der Waals surface area contributed by atoms with Gasteiger partial charge >= 0.3 is 0 Å². The molecule has 7 heteroatoms. The molecule has 32 heavy (non-hydrogen) atoms. The van der Waals surface area contributed by atoms with Crippen molar-refractivity contribution in [2.75, 3.05) is 13.1 Å². The van der Waals surface area contributed by atoms with E-state index in [9.17, 15) is 4.79 Å². The van der Waals surface area contributed by atoms with Gasteiger partial charge in [0.2, 0.25) is 5.91 Å². The molecule has 2 aromatic rings. The molecule has 1 amide bonds. The second-order valence-corrected chi connectivity index (χ2v) is 10.7. The Hall–Kier alpha value is -1.66. The lowest BCUT2D eigenvalue weighted by Gasteiger charge is -2.43. The lowest BCUT2D eigenvalue weighted by Crippen LogP contribution is -2.51. The van der Waals surface area contributed by atoms with Crippen LogP contribution >= 0.6 is 23.2 Å². The van der Waals surface area contributed by atoms with Gasteiger partial charge in [-0.05, 0) is 53.8 Å². The number of hydrogen-bond donors (Lipinski definition) is 2. The van der Waals surface area contributed by atoms with E-state index in [2.05, 4.69) is 25.7 Å². The molecule has 1 aliphatic heterocycles. The monoisotopic (exact) mass is 479 g/mol. The molecule has 4 nitrogen and oxygen atoms in total. The number of halogens is 3. The fourth-order valence-electron chi connectivity index (χ4n) is 5.56. The average Bonchev–Trinajstić information content (AvgIpc) is 2.96. The number of likely N-dealkylation sites (N-methyl/N-ethyl adjacent to an activating group) is 1. The van der Waals surface area contributed by atoms with Crippen LogP contribution in [0.4, 0.5) is 4.39 Å². The van der Waals surface area contributed by atoms with Gasteiger partial charge in [0.25, 0.3) is 0 Å². The van der Waals surface area contributed by atoms with E-state index in [0.29, 0.717) is 28.6 Å². The zero-order valence-electron chi connectivity index (χ0n) is 19.0. The van der Waals surface area contributed by atoms with Crippen molar-refractivity contribution >= 4 is 29.1 Å². The molecule has 0 aliphatic carbocycles. The molecule has 0 bridgehead atoms. The van der Waals surface area contributed by atoms with Crippen LogP contribution < -0.4 is 11.5 Å². The Balaban J connectivity index is 2.40. The van der Waals surface area contributed by atoms with Gasteiger partial charge in [0.05, 0.1) is 6.04 Å². The number of amides is 1. The molecule has 0 saturated carbocycles. The summed E-state index contributed by atoms with van der Waals surface area (Å²) in [4.78, 5) is 15.0. The molecule has 0 radical (unpaired) electrons. The highest BCUT2D eigenvalue weighted by molar-refractivity contribution is 6.30. The average molecular weight is 480 g/mol. The van der Waals surface area contributed by atoms with Crippen molar-refractivity contribution in [3.8, 4) is 0 Å². The Morgan fingerprint density at radius 1 is 1.16 bits per heavy atom. The standard InChI is InChI=1S/C25H32Cl2FN3O/c1-5-31-20(13-24(2,3)4)25(14-29,18-10-9-17(27)12-19(18)28)21(22(31)23(30)32)15-7-6-8-16(26)11-15/h6-12,20-22H,5,13-14,29H2,1-4H3,(H2,30,32)/t20-,21-,22+,25-/m0/s1. The van der Waals surface area contributed by atoms with Crippen LogP contribution in [0.1, 0.15) is 51.2 Å². The zero-order valence-corrected chi connectivity index (χ0v) is 20.6. The van der Waals surface area contributed by atoms with Crippen molar-refractivity contribution in [1.82, 2.24) is 4.90 Å². The molecule has 1 saturated heterocycles. The minimum absolute atomic E-state index is 0.104. The van der Waals surface area contributed by atoms with Crippen LogP contribution in [0.3, 0.4) is 0 Å². The summed E-state index contributed by atoms with van der Waals surface area (Å²) in [7, 11) is 0. The maximum atomic E-state index is 15.6. The summed E-state index contributed by atoms with van der Waals surface area (Å²) in [6.45, 7) is 9.09. The van der Waals surface area contributed by atoms with E-state index in [0.717, 1.165) is 5.56 Å². The predicted octanol–water partition coefficient (Wildman–Crippen LogP) is 5.11. The lowest BCUT2D eigenvalue weighted by atomic mass is 9.62. The minimum atomic E-state index is -0.914. The van der Waals surface area contributed by atoms with Crippen LogP contribution in [0.5, 0.6) is 0 Å². The summed E-state index contributed by atoms with van der Waals surface area (Å²) < 4.78 is 15.6. The summed E-state index contributed by atoms with van der Waals surface area (Å²) in [5.41, 5.74) is 12.8. The number of hydrogen-bond acceptors (Lipinski definition) is 3. The summed E-state index contributed by atoms with van der Waals surface area (Å²) in [6, 6.07) is 11.2. The molecule has 0 spiro atoms. The molecule has 0 unspecified atom stereocenters. The Labute approximate surface area is 200 Å². The number of benzene rings is 2. The van der Waals surface area contributed by atoms with Crippen molar-refractivity contribution in [2.45, 2.75) is 57.5 Å². The van der Waals surface area contributed by atoms with E-state index < -0.39 is 29.1 Å². The molecule has 1 aliphatic rings. The van der Waals surface area contributed by atoms with Gasteiger partial charge in [0.1, 0.15) is 5.82 Å². The van der Waals surface area contributed by atoms with Gasteiger partial charge in [0, 0.05) is 34.0 Å². The number of carbonyl (C=O) groups excluding carboxylic acids is 1. The number of nitrogens with zero attached hydrogens (tertiary/aromatic N) is 1. The lowest BCUT2D eigenvalue weighted by molar-refractivity contribution is -0.123. The van der Waals surface area contributed by atoms with Crippen LogP contribution in [-0.2, 0) is 10.2 Å². The van der Waals surface area contributed by atoms with Crippen molar-refractivity contribution < 1.29 is 9.18 Å². The van der Waals surface area contributed by atoms with Gasteiger partial charge in [-0.1, -0.05) is 69.1 Å². The Kier molecular flexibility index (Phi) is 7.26. The van der Waals surface area contributed by atoms with E-state index >= 15 is 4.39 Å². The molecular formula is C25H32Cl2FN3O. The highest BCUT2D eigenvalue weighted by Gasteiger charge is 2.62. The third-order valence-electron chi connectivity index (χ3n) is 6.66. The van der Waals surface area contributed by atoms with Gasteiger partial charge in [0.15, 0.2) is 0 Å². The van der Waals surface area contributed by atoms with Crippen LogP contribution in [0.2, 0.25) is 10.0 Å². The van der Waals surface area contributed by atoms with Gasteiger partial charge in [-0.25, -0.2) is 4.39 Å². The second-order valence-electron chi connectivity index (χ2n) is 9.86. The topological polar surface area (TPSA) is 72.3 Å². The molecule has 2 aromatic carbocycles. The molecule has 4 atom stereocenters. The maximum absolute atomic E-state index is 15.6. The van der Waals surface area contributed by atoms with Gasteiger partial charge in [-0.2, -0.15) is 0 Å². The highest BCUT2D eigenvalue weighted by atomic mass is 35.5. The van der Waals surface area contributed by atoms with Gasteiger partial charge < -0.3 is 11.5 Å². The largest absolute Gasteiger partial charge is 0.368 e. The van der Waals surface area contributed by atoms with Crippen molar-refractivity contribution in [2.24, 2.45) is 16.9 Å². The first-order valence-electron chi connectivity index (χ1n) is 10.9. The zero-order chi connectivity index (χ0) is 23.8. The van der Waals surface area contributed by atoms with Crippen LogP contribution in [0, 0.1) is 11.2 Å². The molecule has 0 aromatic heterocycles. The summed E-state index contributed by atoms with van der Waals surface area (Å²) in [5.74, 6) is -1.37. The molecule has 174 valence electrons. The van der Waals surface area contributed by atoms with Crippen LogP contribution in [0.25, 0.3) is 0 Å². The number of carbonyl (C=O) groups is 1. The van der Waals surface area contributed by atoms with Crippen LogP contribution in [0.15, 0.2) is 42.5 Å². The first-order valence-corrected chi connectivity index (χ1v) is 11.7. The number of rotatable bonds is 6. The number of primary amides is 1. The van der Waals surface area contributed by atoms with E-state index in [1.807, 2.05) is 25.1 Å². The molecule has 1 heterocycles. The summed E-state index contributed by atoms with van der Waals surface area (Å²) >= 11 is 12.4. The normalized spacial score (nSPS) is 26.4. The van der Waals surface area contributed by atoms with Crippen molar-refractivity contribution in [3.63, 3.8) is 0 Å². The maximum Gasteiger partial charge on any atom is 0.235 e. The fraction of sp³-hybridized carbons (Fsp3) is 0.480. The van der Waals surface area contributed by atoms with E-state index in [1.165, 1.54) is 6.07 Å². The summed E-state index contributed by atoms with van der Waals surface area (Å²) in [6.07, 6.45) is 0.695. The quantitative estimate of drug-likeness (QED) is 0.604. The SMILES string of the molecule is CCN1[C@@H](CC(C)(C)C)[C@](CN)(c2ccc(Cl)cc2F)[C@@H](c2cccc(Cl)c2)[C@@H]1C(N)=O. The first kappa shape index (κ1) is 25.0. The van der Waals surface area contributed by atoms with E-state index in [4.69, 9.17) is 34.7 Å². The molecule has 1 fully saturated rings. The second kappa shape index (κ2) is 9.30. The smallest absolute Gasteiger partial charge is 0.235 e. The van der Waals surface area contributed by atoms with E-state index in [-0.39, 0.29) is 18.0 Å². The predicted molar refractivity (Wildman–Crippen MR) is 130 cm³/mol. The van der Waals surface area contributed by atoms with Crippen molar-refractivity contribution in [1.29, 1.82) is 0 Å². The molecule has 3 rings (SSSR count). The van der Waals surface area contributed by atoms with Crippen molar-refractivity contribution in [3.05, 3.63) is 69.5 Å². The Bertz CT molecular complexity index is 993. The minimum Gasteiger partial charge on any atom is -0.368 e. The first-order chi connectivity index (χ1) is 15.0. The van der Waals surface area contributed by atoms with E-state index in [1.54, 1.807) is 18.2 Å². The summed E-state index contributed by atoms with van der Waals surface area (Å²) in [5, 5.41) is 0.845. The highest BCUT2D eigenvalue weighted by Crippen LogP contribution is 2.55. The van der Waals surface area contributed by atoms with Crippen LogP contribution in [-0.4, -0.2) is 36.0 Å². The number of likely N-dealkylation sites (tertiary alicyclic amines) is 1. The van der Waals surface area contributed by atoms with Gasteiger partial charge in [-0.15, -0.1) is 0 Å². The Morgan fingerprint density at radius 2 is 1.81 bits per heavy atom. The fourth-order valence-corrected chi connectivity index (χ4v) is 5.92. The third-order valence-corrected chi connectivity index (χ3v) is 7.13. The molecular weight excluding hydrogens is 448 g/mol.